The number of nitro benzene ring substituents is 1. The molecule has 0 aliphatic heterocycles. The molecule has 1 heterocycles. The third-order valence-electron chi connectivity index (χ3n) is 3.62. The molecule has 1 aromatic carbocycles. The number of hydrogen-bond acceptors (Lipinski definition) is 5. The highest BCUT2D eigenvalue weighted by Gasteiger charge is 2.17. The van der Waals surface area contributed by atoms with Crippen molar-refractivity contribution in [2.24, 2.45) is 0 Å². The Balaban J connectivity index is 1.87. The van der Waals surface area contributed by atoms with Gasteiger partial charge in [0, 0.05) is 42.2 Å². The van der Waals surface area contributed by atoms with Gasteiger partial charge in [0.1, 0.15) is 0 Å². The second-order valence-electron chi connectivity index (χ2n) is 5.41. The molecule has 8 heteroatoms. The van der Waals surface area contributed by atoms with Gasteiger partial charge in [-0.1, -0.05) is 6.07 Å². The number of aromatic nitrogens is 1. The first-order chi connectivity index (χ1) is 11.9. The highest BCUT2D eigenvalue weighted by atomic mass is 16.6. The number of aryl methyl sites for hydroxylation is 1. The maximum atomic E-state index is 12.1. The first-order valence-electron chi connectivity index (χ1n) is 7.63. The molecule has 8 nitrogen and oxygen atoms in total. The molecule has 2 N–H and O–H groups in total. The number of nitrogens with one attached hydrogen (secondary N) is 2. The van der Waals surface area contributed by atoms with Crippen LogP contribution in [0, 0.1) is 24.0 Å². The third-order valence-corrected chi connectivity index (χ3v) is 3.62. The molecule has 0 saturated carbocycles. The van der Waals surface area contributed by atoms with Gasteiger partial charge in [-0.2, -0.15) is 0 Å². The van der Waals surface area contributed by atoms with E-state index in [9.17, 15) is 19.7 Å². The van der Waals surface area contributed by atoms with E-state index in [1.54, 1.807) is 12.1 Å². The van der Waals surface area contributed by atoms with E-state index in [1.165, 1.54) is 31.3 Å². The van der Waals surface area contributed by atoms with E-state index < -0.39 is 10.8 Å². The van der Waals surface area contributed by atoms with Crippen LogP contribution in [-0.2, 0) is 0 Å². The summed E-state index contributed by atoms with van der Waals surface area (Å²) >= 11 is 0. The minimum atomic E-state index is -0.526. The molecule has 2 amide bonds. The van der Waals surface area contributed by atoms with Crippen molar-refractivity contribution in [2.45, 2.75) is 13.8 Å². The molecule has 0 aliphatic carbocycles. The summed E-state index contributed by atoms with van der Waals surface area (Å²) in [4.78, 5) is 38.5. The van der Waals surface area contributed by atoms with Crippen LogP contribution in [0.5, 0.6) is 0 Å². The molecule has 0 saturated heterocycles. The van der Waals surface area contributed by atoms with Gasteiger partial charge in [0.25, 0.3) is 17.5 Å². The van der Waals surface area contributed by atoms with Crippen molar-refractivity contribution < 1.29 is 14.5 Å². The number of nitrogens with zero attached hydrogens (tertiary/aromatic N) is 2. The van der Waals surface area contributed by atoms with Gasteiger partial charge >= 0.3 is 0 Å². The molecule has 0 aliphatic rings. The van der Waals surface area contributed by atoms with Crippen LogP contribution in [0.3, 0.4) is 0 Å². The van der Waals surface area contributed by atoms with Gasteiger partial charge in [0.05, 0.1) is 10.5 Å². The SMILES string of the molecule is Cc1ccc(C(=O)NCCNC(=O)c2cccc([N+](=O)[O-])c2C)cn1. The van der Waals surface area contributed by atoms with Gasteiger partial charge in [-0.05, 0) is 32.0 Å². The molecule has 1 aromatic heterocycles. The number of carbonyl (C=O) groups excluding carboxylic acids is 2. The van der Waals surface area contributed by atoms with Gasteiger partial charge in [-0.15, -0.1) is 0 Å². The molecule has 0 spiro atoms. The van der Waals surface area contributed by atoms with E-state index in [0.717, 1.165) is 5.69 Å². The second kappa shape index (κ2) is 8.00. The van der Waals surface area contributed by atoms with E-state index in [0.29, 0.717) is 11.1 Å². The molecule has 0 unspecified atom stereocenters. The summed E-state index contributed by atoms with van der Waals surface area (Å²) in [6.07, 6.45) is 1.48. The minimum Gasteiger partial charge on any atom is -0.350 e. The van der Waals surface area contributed by atoms with Crippen molar-refractivity contribution in [3.63, 3.8) is 0 Å². The van der Waals surface area contributed by atoms with Crippen LogP contribution in [-0.4, -0.2) is 34.8 Å². The van der Waals surface area contributed by atoms with Crippen LogP contribution in [0.15, 0.2) is 36.5 Å². The Morgan fingerprint density at radius 1 is 1.08 bits per heavy atom. The monoisotopic (exact) mass is 342 g/mol. The first kappa shape index (κ1) is 18.1. The standard InChI is InChI=1S/C17H18N4O4/c1-11-6-7-13(10-20-11)16(22)18-8-9-19-17(23)14-4-3-5-15(12(14)2)21(24)25/h3-7,10H,8-9H2,1-2H3,(H,18,22)(H,19,23). The van der Waals surface area contributed by atoms with Crippen molar-refractivity contribution in [2.75, 3.05) is 13.1 Å². The van der Waals surface area contributed by atoms with E-state index in [-0.39, 0.29) is 30.2 Å². The van der Waals surface area contributed by atoms with Crippen molar-refractivity contribution in [3.8, 4) is 0 Å². The fourth-order valence-electron chi connectivity index (χ4n) is 2.22. The Morgan fingerprint density at radius 3 is 2.36 bits per heavy atom. The van der Waals surface area contributed by atoms with Gasteiger partial charge < -0.3 is 10.6 Å². The minimum absolute atomic E-state index is 0.104. The van der Waals surface area contributed by atoms with Gasteiger partial charge in [-0.25, -0.2) is 0 Å². The quantitative estimate of drug-likeness (QED) is 0.472. The highest BCUT2D eigenvalue weighted by Crippen LogP contribution is 2.20. The highest BCUT2D eigenvalue weighted by molar-refractivity contribution is 5.96. The maximum Gasteiger partial charge on any atom is 0.273 e. The van der Waals surface area contributed by atoms with Crippen molar-refractivity contribution in [1.82, 2.24) is 15.6 Å². The number of nitro groups is 1. The van der Waals surface area contributed by atoms with Crippen LogP contribution in [0.4, 0.5) is 5.69 Å². The number of amides is 2. The molecule has 25 heavy (non-hydrogen) atoms. The van der Waals surface area contributed by atoms with Crippen LogP contribution < -0.4 is 10.6 Å². The molecule has 0 atom stereocenters. The number of carbonyl (C=O) groups is 2. The summed E-state index contributed by atoms with van der Waals surface area (Å²) in [6, 6.07) is 7.74. The fraction of sp³-hybridized carbons (Fsp3) is 0.235. The number of pyridine rings is 1. The average molecular weight is 342 g/mol. The molecule has 130 valence electrons. The predicted octanol–water partition coefficient (Wildman–Crippen LogP) is 1.77. The number of benzene rings is 1. The largest absolute Gasteiger partial charge is 0.350 e. The summed E-state index contributed by atoms with van der Waals surface area (Å²) in [7, 11) is 0. The molecule has 2 rings (SSSR count). The summed E-state index contributed by atoms with van der Waals surface area (Å²) in [6.45, 7) is 3.78. The Kier molecular flexibility index (Phi) is 5.78. The zero-order chi connectivity index (χ0) is 18.4. The lowest BCUT2D eigenvalue weighted by molar-refractivity contribution is -0.385. The zero-order valence-electron chi connectivity index (χ0n) is 13.9. The predicted molar refractivity (Wildman–Crippen MR) is 91.5 cm³/mol. The zero-order valence-corrected chi connectivity index (χ0v) is 13.9. The van der Waals surface area contributed by atoms with Gasteiger partial charge in [0.2, 0.25) is 0 Å². The van der Waals surface area contributed by atoms with Crippen molar-refractivity contribution >= 4 is 17.5 Å². The lowest BCUT2D eigenvalue weighted by Gasteiger charge is -2.09. The topological polar surface area (TPSA) is 114 Å². The van der Waals surface area contributed by atoms with Crippen molar-refractivity contribution in [1.29, 1.82) is 0 Å². The van der Waals surface area contributed by atoms with Crippen LogP contribution in [0.25, 0.3) is 0 Å². The third kappa shape index (κ3) is 4.60. The average Bonchev–Trinajstić information content (AvgIpc) is 2.58. The van der Waals surface area contributed by atoms with Gasteiger partial charge in [-0.3, -0.25) is 24.7 Å². The first-order valence-corrected chi connectivity index (χ1v) is 7.63. The Bertz CT molecular complexity index is 803. The Labute approximate surface area is 144 Å². The van der Waals surface area contributed by atoms with E-state index >= 15 is 0 Å². The van der Waals surface area contributed by atoms with Gasteiger partial charge in [0.15, 0.2) is 0 Å². The maximum absolute atomic E-state index is 12.1. The Morgan fingerprint density at radius 2 is 1.76 bits per heavy atom. The normalized spacial score (nSPS) is 10.2. The molecule has 0 fully saturated rings. The number of rotatable bonds is 6. The summed E-state index contributed by atoms with van der Waals surface area (Å²) in [5.41, 5.74) is 1.69. The summed E-state index contributed by atoms with van der Waals surface area (Å²) < 4.78 is 0. The smallest absolute Gasteiger partial charge is 0.273 e. The lowest BCUT2D eigenvalue weighted by Crippen LogP contribution is -2.35. The molecule has 2 aromatic rings. The van der Waals surface area contributed by atoms with Crippen molar-refractivity contribution in [3.05, 3.63) is 69.0 Å². The Hall–Kier alpha value is -3.29. The lowest BCUT2D eigenvalue weighted by atomic mass is 10.1. The van der Waals surface area contributed by atoms with E-state index in [2.05, 4.69) is 15.6 Å². The van der Waals surface area contributed by atoms with E-state index in [4.69, 9.17) is 0 Å². The fourth-order valence-corrected chi connectivity index (χ4v) is 2.22. The van der Waals surface area contributed by atoms with Crippen LogP contribution in [0.1, 0.15) is 32.0 Å². The molecular weight excluding hydrogens is 324 g/mol. The molecular formula is C17H18N4O4. The van der Waals surface area contributed by atoms with E-state index in [1.807, 2.05) is 6.92 Å². The second-order valence-corrected chi connectivity index (χ2v) is 5.41. The molecule has 0 radical (unpaired) electrons. The van der Waals surface area contributed by atoms with Crippen LogP contribution >= 0.6 is 0 Å². The molecule has 0 bridgehead atoms. The summed E-state index contributed by atoms with van der Waals surface area (Å²) in [5.74, 6) is -0.708. The number of hydrogen-bond donors (Lipinski definition) is 2. The summed E-state index contributed by atoms with van der Waals surface area (Å²) in [5, 5.41) is 16.2. The van der Waals surface area contributed by atoms with Crippen LogP contribution in [0.2, 0.25) is 0 Å².